The number of aryl methyl sites for hydroxylation is 1. The van der Waals surface area contributed by atoms with E-state index in [0.29, 0.717) is 11.7 Å². The van der Waals surface area contributed by atoms with Gasteiger partial charge in [-0.2, -0.15) is 4.52 Å². The van der Waals surface area contributed by atoms with Crippen molar-refractivity contribution in [2.24, 2.45) is 0 Å². The fourth-order valence-corrected chi connectivity index (χ4v) is 2.91. The summed E-state index contributed by atoms with van der Waals surface area (Å²) in [5.74, 6) is 3.76. The van der Waals surface area contributed by atoms with E-state index in [2.05, 4.69) is 15.1 Å². The van der Waals surface area contributed by atoms with Crippen molar-refractivity contribution in [2.75, 3.05) is 0 Å². The first-order chi connectivity index (χ1) is 9.81. The molecule has 0 unspecified atom stereocenters. The van der Waals surface area contributed by atoms with E-state index in [-0.39, 0.29) is 0 Å². The highest BCUT2D eigenvalue weighted by Gasteiger charge is 2.22. The van der Waals surface area contributed by atoms with Gasteiger partial charge in [0.2, 0.25) is 0 Å². The highest BCUT2D eigenvalue weighted by atomic mass is 16.3. The molecule has 4 rings (SSSR count). The fraction of sp³-hybridized carbons (Fsp3) is 0.400. The lowest BCUT2D eigenvalue weighted by Gasteiger charge is -2.01. The standard InChI is InChI=1S/C15H16N4O/c1-10-6-7-12(20-10)15-16-9-8-13-17-14(18-19(13)15)11-4-2-3-5-11/h6-9,11H,2-5H2,1H3. The van der Waals surface area contributed by atoms with Gasteiger partial charge in [0.05, 0.1) is 0 Å². The molecule has 0 spiro atoms. The molecule has 3 aromatic heterocycles. The monoisotopic (exact) mass is 268 g/mol. The molecule has 0 bridgehead atoms. The molecular formula is C15H16N4O. The minimum absolute atomic E-state index is 0.501. The number of furan rings is 1. The molecule has 102 valence electrons. The maximum atomic E-state index is 5.66. The summed E-state index contributed by atoms with van der Waals surface area (Å²) in [7, 11) is 0. The third-order valence-electron chi connectivity index (χ3n) is 3.95. The normalized spacial score (nSPS) is 16.2. The topological polar surface area (TPSA) is 56.2 Å². The summed E-state index contributed by atoms with van der Waals surface area (Å²) in [6, 6.07) is 5.75. The molecule has 0 aromatic carbocycles. The smallest absolute Gasteiger partial charge is 0.198 e. The molecule has 0 saturated heterocycles. The fourth-order valence-electron chi connectivity index (χ4n) is 2.91. The Bertz CT molecular complexity index is 752. The molecule has 0 amide bonds. The molecular weight excluding hydrogens is 252 g/mol. The Balaban J connectivity index is 1.85. The van der Waals surface area contributed by atoms with Crippen LogP contribution in [-0.2, 0) is 0 Å². The first-order valence-corrected chi connectivity index (χ1v) is 7.10. The number of rotatable bonds is 2. The van der Waals surface area contributed by atoms with Crippen LogP contribution in [0.25, 0.3) is 17.2 Å². The predicted octanol–water partition coefficient (Wildman–Crippen LogP) is 3.35. The van der Waals surface area contributed by atoms with E-state index in [1.54, 1.807) is 10.7 Å². The van der Waals surface area contributed by atoms with Gasteiger partial charge >= 0.3 is 0 Å². The quantitative estimate of drug-likeness (QED) is 0.715. The molecule has 1 aliphatic rings. The molecule has 3 heterocycles. The Morgan fingerprint density at radius 2 is 2.05 bits per heavy atom. The second kappa shape index (κ2) is 4.44. The van der Waals surface area contributed by atoms with Crippen LogP contribution in [0.2, 0.25) is 0 Å². The second-order valence-electron chi connectivity index (χ2n) is 5.40. The van der Waals surface area contributed by atoms with E-state index in [0.717, 1.165) is 23.0 Å². The zero-order valence-electron chi connectivity index (χ0n) is 11.4. The lowest BCUT2D eigenvalue weighted by molar-refractivity contribution is 0.541. The zero-order chi connectivity index (χ0) is 13.5. The molecule has 5 nitrogen and oxygen atoms in total. The van der Waals surface area contributed by atoms with E-state index in [4.69, 9.17) is 4.42 Å². The van der Waals surface area contributed by atoms with Crippen LogP contribution in [-0.4, -0.2) is 19.6 Å². The number of aromatic nitrogens is 4. The summed E-state index contributed by atoms with van der Waals surface area (Å²) in [6.45, 7) is 1.93. The number of fused-ring (bicyclic) bond motifs is 1. The average Bonchev–Trinajstić information content (AvgIpc) is 3.17. The first kappa shape index (κ1) is 11.6. The molecule has 0 atom stereocenters. The molecule has 0 N–H and O–H groups in total. The Hall–Kier alpha value is -2.17. The number of nitrogens with zero attached hydrogens (tertiary/aromatic N) is 4. The highest BCUT2D eigenvalue weighted by Crippen LogP contribution is 2.32. The van der Waals surface area contributed by atoms with Gasteiger partial charge in [-0.3, -0.25) is 0 Å². The average molecular weight is 268 g/mol. The van der Waals surface area contributed by atoms with Crippen molar-refractivity contribution in [2.45, 2.75) is 38.5 Å². The maximum absolute atomic E-state index is 5.66. The largest absolute Gasteiger partial charge is 0.458 e. The Morgan fingerprint density at radius 1 is 1.20 bits per heavy atom. The first-order valence-electron chi connectivity index (χ1n) is 7.10. The van der Waals surface area contributed by atoms with Crippen molar-refractivity contribution in [3.8, 4) is 11.6 Å². The minimum Gasteiger partial charge on any atom is -0.458 e. The molecule has 3 aromatic rings. The van der Waals surface area contributed by atoms with Crippen molar-refractivity contribution in [1.82, 2.24) is 19.6 Å². The predicted molar refractivity (Wildman–Crippen MR) is 74.4 cm³/mol. The summed E-state index contributed by atoms with van der Waals surface area (Å²) < 4.78 is 7.46. The van der Waals surface area contributed by atoms with Crippen LogP contribution in [0.1, 0.15) is 43.2 Å². The summed E-state index contributed by atoms with van der Waals surface area (Å²) in [5, 5.41) is 4.66. The van der Waals surface area contributed by atoms with Gasteiger partial charge in [-0.15, -0.1) is 5.10 Å². The number of hydrogen-bond donors (Lipinski definition) is 0. The van der Waals surface area contributed by atoms with Gasteiger partial charge in [0.25, 0.3) is 0 Å². The summed E-state index contributed by atoms with van der Waals surface area (Å²) in [4.78, 5) is 9.06. The van der Waals surface area contributed by atoms with E-state index in [1.807, 2.05) is 25.1 Å². The van der Waals surface area contributed by atoms with Crippen LogP contribution in [0, 0.1) is 6.92 Å². The number of hydrogen-bond acceptors (Lipinski definition) is 4. The Labute approximate surface area is 116 Å². The van der Waals surface area contributed by atoms with Crippen molar-refractivity contribution < 1.29 is 4.42 Å². The SMILES string of the molecule is Cc1ccc(-c2nccc3nc(C4CCCC4)nn23)o1. The van der Waals surface area contributed by atoms with Gasteiger partial charge < -0.3 is 4.42 Å². The Morgan fingerprint density at radius 3 is 2.80 bits per heavy atom. The van der Waals surface area contributed by atoms with Crippen LogP contribution in [0.3, 0.4) is 0 Å². The van der Waals surface area contributed by atoms with Gasteiger partial charge in [0, 0.05) is 18.2 Å². The molecule has 20 heavy (non-hydrogen) atoms. The molecule has 1 aliphatic carbocycles. The lowest BCUT2D eigenvalue weighted by atomic mass is 10.1. The van der Waals surface area contributed by atoms with Crippen LogP contribution in [0.4, 0.5) is 0 Å². The second-order valence-corrected chi connectivity index (χ2v) is 5.40. The van der Waals surface area contributed by atoms with Crippen molar-refractivity contribution in [3.05, 3.63) is 36.0 Å². The third kappa shape index (κ3) is 1.81. The van der Waals surface area contributed by atoms with Gasteiger partial charge in [-0.1, -0.05) is 12.8 Å². The van der Waals surface area contributed by atoms with E-state index >= 15 is 0 Å². The molecule has 0 aliphatic heterocycles. The van der Waals surface area contributed by atoms with Crippen molar-refractivity contribution >= 4 is 5.65 Å². The summed E-state index contributed by atoms with van der Waals surface area (Å²) >= 11 is 0. The van der Waals surface area contributed by atoms with Crippen LogP contribution >= 0.6 is 0 Å². The van der Waals surface area contributed by atoms with Crippen LogP contribution < -0.4 is 0 Å². The molecule has 5 heteroatoms. The van der Waals surface area contributed by atoms with Crippen molar-refractivity contribution in [1.29, 1.82) is 0 Å². The van der Waals surface area contributed by atoms with Gasteiger partial charge in [0.15, 0.2) is 23.1 Å². The minimum atomic E-state index is 0.501. The zero-order valence-corrected chi connectivity index (χ0v) is 11.4. The summed E-state index contributed by atoms with van der Waals surface area (Å²) in [5.41, 5.74) is 0.839. The maximum Gasteiger partial charge on any atom is 0.198 e. The summed E-state index contributed by atoms with van der Waals surface area (Å²) in [6.07, 6.45) is 6.71. The highest BCUT2D eigenvalue weighted by molar-refractivity contribution is 5.53. The van der Waals surface area contributed by atoms with Crippen LogP contribution in [0.15, 0.2) is 28.8 Å². The molecule has 1 fully saturated rings. The van der Waals surface area contributed by atoms with E-state index in [1.165, 1.54) is 25.7 Å². The Kier molecular flexibility index (Phi) is 2.58. The van der Waals surface area contributed by atoms with Gasteiger partial charge in [-0.25, -0.2) is 9.97 Å². The lowest BCUT2D eigenvalue weighted by Crippen LogP contribution is -1.98. The van der Waals surface area contributed by atoms with Gasteiger partial charge in [0.1, 0.15) is 5.76 Å². The third-order valence-corrected chi connectivity index (χ3v) is 3.95. The van der Waals surface area contributed by atoms with E-state index in [9.17, 15) is 0 Å². The van der Waals surface area contributed by atoms with Crippen molar-refractivity contribution in [3.63, 3.8) is 0 Å². The molecule has 1 saturated carbocycles. The molecule has 0 radical (unpaired) electrons. The van der Waals surface area contributed by atoms with Gasteiger partial charge in [-0.05, 0) is 31.9 Å². The van der Waals surface area contributed by atoms with Crippen LogP contribution in [0.5, 0.6) is 0 Å². The van der Waals surface area contributed by atoms with E-state index < -0.39 is 0 Å².